The maximum Gasteiger partial charge on any atom is 0.132 e. The van der Waals surface area contributed by atoms with Crippen molar-refractivity contribution >= 4 is 0 Å². The molecule has 0 radical (unpaired) electrons. The van der Waals surface area contributed by atoms with Gasteiger partial charge in [-0.25, -0.2) is 4.39 Å². The molecule has 1 aromatic heterocycles. The van der Waals surface area contributed by atoms with Crippen molar-refractivity contribution < 1.29 is 4.39 Å². The van der Waals surface area contributed by atoms with Gasteiger partial charge in [0.05, 0.1) is 11.9 Å². The molecule has 2 aromatic rings. The molecule has 0 spiro atoms. The van der Waals surface area contributed by atoms with Gasteiger partial charge in [0.15, 0.2) is 0 Å². The molecule has 4 heteroatoms. The van der Waals surface area contributed by atoms with Gasteiger partial charge >= 0.3 is 0 Å². The highest BCUT2D eigenvalue weighted by Crippen LogP contribution is 2.24. The SMILES string of the molecule is CCCNC(C)c1ccc(F)c(-c2cnccn2)c1. The third kappa shape index (κ3) is 3.35. The number of nitrogens with zero attached hydrogens (tertiary/aromatic N) is 2. The van der Waals surface area contributed by atoms with Crippen LogP contribution in [0.15, 0.2) is 36.8 Å². The number of nitrogens with one attached hydrogen (secondary N) is 1. The monoisotopic (exact) mass is 259 g/mol. The molecule has 2 rings (SSSR count). The normalized spacial score (nSPS) is 12.4. The molecular weight excluding hydrogens is 241 g/mol. The minimum atomic E-state index is -0.271. The molecule has 0 saturated heterocycles. The number of aromatic nitrogens is 2. The van der Waals surface area contributed by atoms with Crippen LogP contribution in [-0.4, -0.2) is 16.5 Å². The Morgan fingerprint density at radius 1 is 1.32 bits per heavy atom. The Morgan fingerprint density at radius 2 is 2.16 bits per heavy atom. The van der Waals surface area contributed by atoms with E-state index in [1.807, 2.05) is 12.1 Å². The van der Waals surface area contributed by atoms with Crippen LogP contribution in [0, 0.1) is 5.82 Å². The minimum absolute atomic E-state index is 0.191. The summed E-state index contributed by atoms with van der Waals surface area (Å²) in [6.45, 7) is 5.14. The molecule has 0 aliphatic carbocycles. The lowest BCUT2D eigenvalue weighted by atomic mass is 10.0. The van der Waals surface area contributed by atoms with Crippen LogP contribution in [0.1, 0.15) is 31.9 Å². The van der Waals surface area contributed by atoms with E-state index < -0.39 is 0 Å². The topological polar surface area (TPSA) is 37.8 Å². The van der Waals surface area contributed by atoms with Gasteiger partial charge in [0, 0.05) is 24.0 Å². The number of rotatable bonds is 5. The number of halogens is 1. The van der Waals surface area contributed by atoms with Gasteiger partial charge in [-0.2, -0.15) is 0 Å². The summed E-state index contributed by atoms with van der Waals surface area (Å²) >= 11 is 0. The molecule has 1 N–H and O–H groups in total. The fourth-order valence-corrected chi connectivity index (χ4v) is 1.93. The zero-order valence-electron chi connectivity index (χ0n) is 11.2. The summed E-state index contributed by atoms with van der Waals surface area (Å²) in [5.41, 5.74) is 2.11. The van der Waals surface area contributed by atoms with Crippen molar-refractivity contribution in [3.63, 3.8) is 0 Å². The van der Waals surface area contributed by atoms with Crippen molar-refractivity contribution in [2.45, 2.75) is 26.3 Å². The summed E-state index contributed by atoms with van der Waals surface area (Å²) in [6.07, 6.45) is 5.80. The van der Waals surface area contributed by atoms with E-state index in [0.29, 0.717) is 11.3 Å². The van der Waals surface area contributed by atoms with Crippen molar-refractivity contribution in [3.05, 3.63) is 48.2 Å². The second-order valence-electron chi connectivity index (χ2n) is 4.51. The maximum atomic E-state index is 13.9. The Hall–Kier alpha value is -1.81. The Kier molecular flexibility index (Phi) is 4.58. The second-order valence-corrected chi connectivity index (χ2v) is 4.51. The summed E-state index contributed by atoms with van der Waals surface area (Å²) < 4.78 is 13.9. The molecule has 0 bridgehead atoms. The zero-order valence-corrected chi connectivity index (χ0v) is 11.2. The number of hydrogen-bond donors (Lipinski definition) is 1. The van der Waals surface area contributed by atoms with Crippen LogP contribution in [0.2, 0.25) is 0 Å². The van der Waals surface area contributed by atoms with Crippen LogP contribution in [-0.2, 0) is 0 Å². The average molecular weight is 259 g/mol. The first-order chi connectivity index (χ1) is 9.22. The lowest BCUT2D eigenvalue weighted by molar-refractivity contribution is 0.568. The van der Waals surface area contributed by atoms with Gasteiger partial charge in [-0.15, -0.1) is 0 Å². The lowest BCUT2D eigenvalue weighted by Crippen LogP contribution is -2.19. The molecule has 100 valence electrons. The molecule has 1 aromatic carbocycles. The first-order valence-corrected chi connectivity index (χ1v) is 6.51. The first kappa shape index (κ1) is 13.6. The molecule has 1 unspecified atom stereocenters. The van der Waals surface area contributed by atoms with E-state index >= 15 is 0 Å². The molecule has 0 amide bonds. The Bertz CT molecular complexity index is 528. The largest absolute Gasteiger partial charge is 0.310 e. The summed E-state index contributed by atoms with van der Waals surface area (Å²) in [6, 6.07) is 5.33. The van der Waals surface area contributed by atoms with E-state index in [0.717, 1.165) is 18.5 Å². The van der Waals surface area contributed by atoms with Crippen LogP contribution >= 0.6 is 0 Å². The van der Waals surface area contributed by atoms with E-state index in [9.17, 15) is 4.39 Å². The summed E-state index contributed by atoms with van der Waals surface area (Å²) in [7, 11) is 0. The highest BCUT2D eigenvalue weighted by atomic mass is 19.1. The Labute approximate surface area is 112 Å². The summed E-state index contributed by atoms with van der Waals surface area (Å²) in [5.74, 6) is -0.271. The fraction of sp³-hybridized carbons (Fsp3) is 0.333. The van der Waals surface area contributed by atoms with Gasteiger partial charge in [-0.3, -0.25) is 9.97 Å². The van der Waals surface area contributed by atoms with Crippen LogP contribution in [0.4, 0.5) is 4.39 Å². The first-order valence-electron chi connectivity index (χ1n) is 6.51. The summed E-state index contributed by atoms with van der Waals surface area (Å²) in [4.78, 5) is 8.13. The second kappa shape index (κ2) is 6.38. The van der Waals surface area contributed by atoms with E-state index in [2.05, 4.69) is 29.1 Å². The molecule has 1 heterocycles. The van der Waals surface area contributed by atoms with Crippen LogP contribution in [0.3, 0.4) is 0 Å². The molecule has 0 saturated carbocycles. The zero-order chi connectivity index (χ0) is 13.7. The smallest absolute Gasteiger partial charge is 0.132 e. The molecule has 19 heavy (non-hydrogen) atoms. The van der Waals surface area contributed by atoms with E-state index in [-0.39, 0.29) is 11.9 Å². The minimum Gasteiger partial charge on any atom is -0.310 e. The average Bonchev–Trinajstić information content (AvgIpc) is 2.46. The van der Waals surface area contributed by atoms with Crippen LogP contribution < -0.4 is 5.32 Å². The predicted molar refractivity (Wildman–Crippen MR) is 74.1 cm³/mol. The molecule has 0 aliphatic rings. The third-order valence-electron chi connectivity index (χ3n) is 3.03. The Balaban J connectivity index is 2.30. The van der Waals surface area contributed by atoms with Gasteiger partial charge in [0.1, 0.15) is 5.82 Å². The highest BCUT2D eigenvalue weighted by molar-refractivity contribution is 5.60. The standard InChI is InChI=1S/C15H18FN3/c1-3-6-18-11(2)12-4-5-14(16)13(9-12)15-10-17-7-8-19-15/h4-5,7-11,18H,3,6H2,1-2H3. The molecule has 0 fully saturated rings. The molecule has 0 aliphatic heterocycles. The lowest BCUT2D eigenvalue weighted by Gasteiger charge is -2.15. The number of benzene rings is 1. The van der Waals surface area contributed by atoms with Gasteiger partial charge in [0.2, 0.25) is 0 Å². The van der Waals surface area contributed by atoms with E-state index in [4.69, 9.17) is 0 Å². The Morgan fingerprint density at radius 3 is 2.84 bits per heavy atom. The van der Waals surface area contributed by atoms with Crippen molar-refractivity contribution in [2.24, 2.45) is 0 Å². The van der Waals surface area contributed by atoms with Crippen molar-refractivity contribution in [1.82, 2.24) is 15.3 Å². The quantitative estimate of drug-likeness (QED) is 0.894. The van der Waals surface area contributed by atoms with E-state index in [1.165, 1.54) is 6.07 Å². The molecule has 3 nitrogen and oxygen atoms in total. The van der Waals surface area contributed by atoms with Crippen molar-refractivity contribution in [3.8, 4) is 11.3 Å². The van der Waals surface area contributed by atoms with Crippen LogP contribution in [0.25, 0.3) is 11.3 Å². The molecular formula is C15H18FN3. The fourth-order valence-electron chi connectivity index (χ4n) is 1.93. The van der Waals surface area contributed by atoms with Gasteiger partial charge in [-0.05, 0) is 37.6 Å². The summed E-state index contributed by atoms with van der Waals surface area (Å²) in [5, 5.41) is 3.39. The highest BCUT2D eigenvalue weighted by Gasteiger charge is 2.11. The third-order valence-corrected chi connectivity index (χ3v) is 3.03. The van der Waals surface area contributed by atoms with Gasteiger partial charge in [-0.1, -0.05) is 13.0 Å². The van der Waals surface area contributed by atoms with Crippen LogP contribution in [0.5, 0.6) is 0 Å². The predicted octanol–water partition coefficient (Wildman–Crippen LogP) is 3.34. The van der Waals surface area contributed by atoms with Crippen molar-refractivity contribution in [2.75, 3.05) is 6.54 Å². The molecule has 1 atom stereocenters. The van der Waals surface area contributed by atoms with Gasteiger partial charge in [0.25, 0.3) is 0 Å². The van der Waals surface area contributed by atoms with Gasteiger partial charge < -0.3 is 5.32 Å². The number of hydrogen-bond acceptors (Lipinski definition) is 3. The maximum absolute atomic E-state index is 13.9. The van der Waals surface area contributed by atoms with Crippen molar-refractivity contribution in [1.29, 1.82) is 0 Å². The van der Waals surface area contributed by atoms with E-state index in [1.54, 1.807) is 18.6 Å².